The molecule has 2 aliphatic rings. The molecule has 0 saturated heterocycles. The minimum Gasteiger partial charge on any atom is -0.412 e. The molecule has 2 aliphatic carbocycles. The van der Waals surface area contributed by atoms with Crippen molar-refractivity contribution in [3.8, 4) is 0 Å². The number of allylic oxidation sites excluding steroid dienone is 6. The van der Waals surface area contributed by atoms with Crippen molar-refractivity contribution in [2.45, 2.75) is 6.17 Å². The van der Waals surface area contributed by atoms with Crippen molar-refractivity contribution in [1.82, 2.24) is 0 Å². The fraction of sp³-hybridized carbons (Fsp3) is 0.143. The largest absolute Gasteiger partial charge is 0.412 e. The third-order valence-corrected chi connectivity index (χ3v) is 1.69. The molecule has 0 atom stereocenters. The van der Waals surface area contributed by atoms with Gasteiger partial charge in [0.2, 0.25) is 0 Å². The summed E-state index contributed by atoms with van der Waals surface area (Å²) in [6, 6.07) is 0. The van der Waals surface area contributed by atoms with Gasteiger partial charge < -0.3 is 5.48 Å². The van der Waals surface area contributed by atoms with Gasteiger partial charge in [-0.2, -0.15) is 0 Å². The van der Waals surface area contributed by atoms with Gasteiger partial charge in [0.1, 0.15) is 0 Å². The topological polar surface area (TPSA) is 31.5 Å². The van der Waals surface area contributed by atoms with Gasteiger partial charge in [-0.25, -0.2) is 13.2 Å². The Morgan fingerprint density at radius 3 is 1.55 bits per heavy atom. The van der Waals surface area contributed by atoms with E-state index in [1.807, 2.05) is 0 Å². The summed E-state index contributed by atoms with van der Waals surface area (Å²) in [4.78, 5) is 0. The molecule has 2 bridgehead atoms. The highest BCUT2D eigenvalue weighted by atomic mass is 19.2. The van der Waals surface area contributed by atoms with Crippen molar-refractivity contribution in [1.29, 1.82) is 0 Å². The summed E-state index contributed by atoms with van der Waals surface area (Å²) in [5.74, 6) is -2.07. The van der Waals surface area contributed by atoms with E-state index < -0.39 is 17.8 Å². The van der Waals surface area contributed by atoms with Gasteiger partial charge in [-0.15, -0.1) is 0 Å². The van der Waals surface area contributed by atoms with Crippen LogP contribution in [-0.2, 0) is 0 Å². The molecule has 0 amide bonds. The number of alkyl halides is 1. The van der Waals surface area contributed by atoms with Crippen LogP contribution in [0, 0.1) is 0 Å². The summed E-state index contributed by atoms with van der Waals surface area (Å²) >= 11 is 0. The Bertz CT molecular complexity index is 255. The first-order valence-corrected chi connectivity index (χ1v) is 2.83. The van der Waals surface area contributed by atoms with Crippen molar-refractivity contribution in [3.63, 3.8) is 0 Å². The van der Waals surface area contributed by atoms with Crippen LogP contribution in [0.2, 0.25) is 0 Å². The van der Waals surface area contributed by atoms with Crippen molar-refractivity contribution in [2.24, 2.45) is 0 Å². The van der Waals surface area contributed by atoms with Gasteiger partial charge in [-0.3, -0.25) is 0 Å². The summed E-state index contributed by atoms with van der Waals surface area (Å²) < 4.78 is 37.5. The third-order valence-electron chi connectivity index (χ3n) is 1.69. The first kappa shape index (κ1) is 8.07. The maximum Gasteiger partial charge on any atom is 0.165 e. The molecule has 0 aromatic carbocycles. The summed E-state index contributed by atoms with van der Waals surface area (Å²) in [5, 5.41) is 0. The van der Waals surface area contributed by atoms with Crippen LogP contribution in [0.1, 0.15) is 0 Å². The molecule has 0 aliphatic heterocycles. The highest BCUT2D eigenvalue weighted by Crippen LogP contribution is 2.42. The van der Waals surface area contributed by atoms with Crippen LogP contribution < -0.4 is 0 Å². The summed E-state index contributed by atoms with van der Waals surface area (Å²) in [5.41, 5.74) is -0.347. The molecule has 11 heavy (non-hydrogen) atoms. The molecule has 0 fully saturated rings. The maximum absolute atomic E-state index is 12.6. The lowest BCUT2D eigenvalue weighted by molar-refractivity contribution is 0.449. The standard InChI is InChI=1S/C7H3F3.H2O/c8-5-3-1-2-4(5)7(10)6(3)9;/h1-2,5H;1H2. The molecule has 0 heterocycles. The molecule has 0 aromatic heterocycles. The van der Waals surface area contributed by atoms with Crippen molar-refractivity contribution in [3.05, 3.63) is 35.0 Å². The predicted octanol–water partition coefficient (Wildman–Crippen LogP) is 1.53. The molecule has 0 aromatic rings. The Hall–Kier alpha value is -1.03. The van der Waals surface area contributed by atoms with E-state index in [2.05, 4.69) is 0 Å². The predicted molar refractivity (Wildman–Crippen MR) is 33.9 cm³/mol. The second-order valence-corrected chi connectivity index (χ2v) is 2.23. The van der Waals surface area contributed by atoms with Crippen LogP contribution >= 0.6 is 0 Å². The van der Waals surface area contributed by atoms with Gasteiger partial charge in [-0.05, 0) is 0 Å². The van der Waals surface area contributed by atoms with E-state index in [0.717, 1.165) is 0 Å². The number of rotatable bonds is 0. The van der Waals surface area contributed by atoms with Gasteiger partial charge in [0, 0.05) is 11.1 Å². The number of halogens is 3. The van der Waals surface area contributed by atoms with Crippen molar-refractivity contribution < 1.29 is 18.6 Å². The van der Waals surface area contributed by atoms with Gasteiger partial charge >= 0.3 is 0 Å². The Labute approximate surface area is 60.8 Å². The molecule has 0 radical (unpaired) electrons. The molecule has 60 valence electrons. The fourth-order valence-electron chi connectivity index (χ4n) is 1.14. The molecule has 2 rings (SSSR count). The van der Waals surface area contributed by atoms with Crippen molar-refractivity contribution >= 4 is 0 Å². The van der Waals surface area contributed by atoms with Gasteiger partial charge in [0.05, 0.1) is 0 Å². The average Bonchev–Trinajstić information content (AvgIpc) is 2.34. The quantitative estimate of drug-likeness (QED) is 0.517. The van der Waals surface area contributed by atoms with Crippen molar-refractivity contribution in [2.75, 3.05) is 0 Å². The van der Waals surface area contributed by atoms with Crippen LogP contribution in [0.5, 0.6) is 0 Å². The number of hydrogen-bond donors (Lipinski definition) is 0. The normalized spacial score (nSPS) is 21.7. The molecule has 2 N–H and O–H groups in total. The number of fused-ring (bicyclic) bond motifs is 2. The first-order valence-electron chi connectivity index (χ1n) is 2.83. The SMILES string of the molecule is FC1=C2C=CC(=C1F)C2F.O. The Balaban J connectivity index is 0.000000605. The molecular weight excluding hydrogens is 157 g/mol. The van der Waals surface area contributed by atoms with Crippen LogP contribution in [0.3, 0.4) is 0 Å². The van der Waals surface area contributed by atoms with Gasteiger partial charge in [0.15, 0.2) is 17.8 Å². The molecular formula is C7H5F3O. The zero-order chi connectivity index (χ0) is 7.30. The lowest BCUT2D eigenvalue weighted by atomic mass is 10.2. The summed E-state index contributed by atoms with van der Waals surface area (Å²) in [7, 11) is 0. The first-order chi connectivity index (χ1) is 4.72. The highest BCUT2D eigenvalue weighted by Gasteiger charge is 2.36. The minimum absolute atomic E-state index is 0. The van der Waals surface area contributed by atoms with E-state index in [1.165, 1.54) is 12.2 Å². The minimum atomic E-state index is -1.56. The summed E-state index contributed by atoms with van der Waals surface area (Å²) in [6.07, 6.45) is 0.969. The zero-order valence-electron chi connectivity index (χ0n) is 5.37. The van der Waals surface area contributed by atoms with Gasteiger partial charge in [-0.1, -0.05) is 12.2 Å². The Morgan fingerprint density at radius 2 is 1.36 bits per heavy atom. The average molecular weight is 162 g/mol. The smallest absolute Gasteiger partial charge is 0.165 e. The molecule has 0 spiro atoms. The monoisotopic (exact) mass is 162 g/mol. The third kappa shape index (κ3) is 0.758. The Morgan fingerprint density at radius 1 is 1.00 bits per heavy atom. The fourth-order valence-corrected chi connectivity index (χ4v) is 1.14. The van der Waals surface area contributed by atoms with E-state index in [-0.39, 0.29) is 16.6 Å². The van der Waals surface area contributed by atoms with E-state index >= 15 is 0 Å². The molecule has 4 heteroatoms. The van der Waals surface area contributed by atoms with Crippen LogP contribution in [-0.4, -0.2) is 11.6 Å². The molecule has 0 saturated carbocycles. The van der Waals surface area contributed by atoms with Crippen LogP contribution in [0.15, 0.2) is 35.0 Å². The lowest BCUT2D eigenvalue weighted by Crippen LogP contribution is -1.93. The highest BCUT2D eigenvalue weighted by molar-refractivity contribution is 5.59. The lowest BCUT2D eigenvalue weighted by Gasteiger charge is -1.91. The van der Waals surface area contributed by atoms with E-state index in [4.69, 9.17) is 0 Å². The molecule has 0 unspecified atom stereocenters. The number of hydrogen-bond acceptors (Lipinski definition) is 0. The van der Waals surface area contributed by atoms with Crippen LogP contribution in [0.25, 0.3) is 0 Å². The zero-order valence-corrected chi connectivity index (χ0v) is 5.37. The van der Waals surface area contributed by atoms with Crippen LogP contribution in [0.4, 0.5) is 13.2 Å². The van der Waals surface area contributed by atoms with Gasteiger partial charge in [0.25, 0.3) is 0 Å². The van der Waals surface area contributed by atoms with E-state index in [0.29, 0.717) is 0 Å². The van der Waals surface area contributed by atoms with E-state index in [1.54, 1.807) is 0 Å². The molecule has 1 nitrogen and oxygen atoms in total. The Kier molecular flexibility index (Phi) is 1.64. The second kappa shape index (κ2) is 2.23. The maximum atomic E-state index is 12.6. The summed E-state index contributed by atoms with van der Waals surface area (Å²) in [6.45, 7) is 0. The second-order valence-electron chi connectivity index (χ2n) is 2.23. The van der Waals surface area contributed by atoms with E-state index in [9.17, 15) is 13.2 Å².